The van der Waals surface area contributed by atoms with Crippen LogP contribution >= 0.6 is 23.2 Å². The molecule has 0 radical (unpaired) electrons. The molecule has 3 heterocycles. The Kier molecular flexibility index (Phi) is 8.51. The first-order valence-electron chi connectivity index (χ1n) is 13.4. The number of ether oxygens (including phenoxy) is 4. The van der Waals surface area contributed by atoms with E-state index in [1.165, 1.54) is 0 Å². The second-order valence-electron chi connectivity index (χ2n) is 9.64. The average molecular weight is 633 g/mol. The van der Waals surface area contributed by atoms with Gasteiger partial charge in [-0.25, -0.2) is 24.4 Å². The molecule has 0 saturated carbocycles. The highest BCUT2D eigenvalue weighted by atomic mass is 35.5. The van der Waals surface area contributed by atoms with Gasteiger partial charge in [-0.15, -0.1) is 0 Å². The van der Waals surface area contributed by atoms with Crippen LogP contribution in [0.15, 0.2) is 91.0 Å². The summed E-state index contributed by atoms with van der Waals surface area (Å²) in [6, 6.07) is 24.9. The summed E-state index contributed by atoms with van der Waals surface area (Å²) in [6.45, 7) is -0.344. The lowest BCUT2D eigenvalue weighted by Gasteiger charge is -2.24. The van der Waals surface area contributed by atoms with Gasteiger partial charge in [0.15, 0.2) is 29.1 Å². The molecule has 1 fully saturated rings. The fraction of sp³-hybridized carbons (Fsp3) is 0.161. The van der Waals surface area contributed by atoms with Crippen molar-refractivity contribution in [3.8, 4) is 0 Å². The summed E-state index contributed by atoms with van der Waals surface area (Å²) < 4.78 is 23.7. The van der Waals surface area contributed by atoms with Crippen LogP contribution in [0.4, 0.5) is 0 Å². The molecule has 5 aromatic rings. The molecule has 0 spiro atoms. The Morgan fingerprint density at radius 3 is 1.80 bits per heavy atom. The standard InChI is InChI=1S/C31H22Cl2N4O7/c32-25-21-26(37-31(33)35-25)36-27(34-21)24-23(44-30(40)19-14-8-3-9-15-19)22(43-29(39)18-12-6-2-7-13-18)20(42-24)16-41-28(38)17-10-4-1-5-11-17/h1-15,20,22-24H,16H2,(H,34,35,36,37)/t20-,22-,23-,24?/m1/s1. The van der Waals surface area contributed by atoms with Gasteiger partial charge >= 0.3 is 17.9 Å². The molecular weight excluding hydrogens is 611 g/mol. The third kappa shape index (κ3) is 6.25. The average Bonchev–Trinajstić information content (AvgIpc) is 3.62. The highest BCUT2D eigenvalue weighted by molar-refractivity contribution is 6.35. The number of aromatic amines is 1. The van der Waals surface area contributed by atoms with E-state index in [1.807, 2.05) is 0 Å². The molecule has 44 heavy (non-hydrogen) atoms. The van der Waals surface area contributed by atoms with Crippen molar-refractivity contribution >= 4 is 52.3 Å². The number of rotatable bonds is 8. The number of nitrogens with one attached hydrogen (secondary N) is 1. The number of benzene rings is 3. The minimum atomic E-state index is -1.25. The maximum absolute atomic E-state index is 13.3. The molecule has 1 aliphatic rings. The van der Waals surface area contributed by atoms with Crippen molar-refractivity contribution in [3.63, 3.8) is 0 Å². The number of fused-ring (bicyclic) bond motifs is 1. The van der Waals surface area contributed by atoms with Gasteiger partial charge in [-0.05, 0) is 48.0 Å². The van der Waals surface area contributed by atoms with Crippen molar-refractivity contribution < 1.29 is 33.3 Å². The van der Waals surface area contributed by atoms with Crippen molar-refractivity contribution in [1.82, 2.24) is 19.9 Å². The molecule has 0 amide bonds. The molecule has 1 aliphatic heterocycles. The number of carbonyl (C=O) groups excluding carboxylic acids is 3. The van der Waals surface area contributed by atoms with E-state index in [2.05, 4.69) is 19.9 Å². The smallest absolute Gasteiger partial charge is 0.338 e. The van der Waals surface area contributed by atoms with Crippen LogP contribution in [0.1, 0.15) is 43.0 Å². The number of aromatic nitrogens is 4. The van der Waals surface area contributed by atoms with Gasteiger partial charge < -0.3 is 23.9 Å². The minimum Gasteiger partial charge on any atom is -0.459 e. The van der Waals surface area contributed by atoms with Gasteiger partial charge in [-0.1, -0.05) is 66.2 Å². The molecule has 1 unspecified atom stereocenters. The Morgan fingerprint density at radius 1 is 0.705 bits per heavy atom. The van der Waals surface area contributed by atoms with Crippen molar-refractivity contribution in [3.05, 3.63) is 124 Å². The summed E-state index contributed by atoms with van der Waals surface area (Å²) in [4.78, 5) is 54.9. The Bertz CT molecular complexity index is 1810. The minimum absolute atomic E-state index is 0.00923. The topological polar surface area (TPSA) is 143 Å². The van der Waals surface area contributed by atoms with Gasteiger partial charge in [0, 0.05) is 0 Å². The van der Waals surface area contributed by atoms with Gasteiger partial charge in [-0.3, -0.25) is 0 Å². The van der Waals surface area contributed by atoms with E-state index in [1.54, 1.807) is 91.0 Å². The van der Waals surface area contributed by atoms with Crippen LogP contribution in [-0.2, 0) is 18.9 Å². The summed E-state index contributed by atoms with van der Waals surface area (Å²) in [5.74, 6) is -1.89. The molecule has 0 bridgehead atoms. The van der Waals surface area contributed by atoms with Crippen molar-refractivity contribution in [2.75, 3.05) is 6.61 Å². The first kappa shape index (κ1) is 29.2. The fourth-order valence-corrected chi connectivity index (χ4v) is 5.11. The predicted octanol–water partition coefficient (Wildman–Crippen LogP) is 5.41. The molecule has 6 rings (SSSR count). The van der Waals surface area contributed by atoms with Gasteiger partial charge in [0.1, 0.15) is 24.1 Å². The van der Waals surface area contributed by atoms with E-state index in [0.29, 0.717) is 5.56 Å². The maximum Gasteiger partial charge on any atom is 0.338 e. The number of carbonyl (C=O) groups is 3. The zero-order valence-corrected chi connectivity index (χ0v) is 24.1. The third-order valence-electron chi connectivity index (χ3n) is 6.77. The van der Waals surface area contributed by atoms with Crippen molar-refractivity contribution in [2.45, 2.75) is 24.4 Å². The number of hydrogen-bond acceptors (Lipinski definition) is 10. The molecule has 3 aromatic carbocycles. The number of hydrogen-bond donors (Lipinski definition) is 1. The molecule has 1 N–H and O–H groups in total. The van der Waals surface area contributed by atoms with Crippen LogP contribution in [-0.4, -0.2) is 62.8 Å². The Morgan fingerprint density at radius 2 is 1.23 bits per heavy atom. The first-order valence-corrected chi connectivity index (χ1v) is 14.1. The highest BCUT2D eigenvalue weighted by Crippen LogP contribution is 2.38. The van der Waals surface area contributed by atoms with Gasteiger partial charge in [-0.2, -0.15) is 4.98 Å². The number of halogens is 2. The van der Waals surface area contributed by atoms with Gasteiger partial charge in [0.25, 0.3) is 0 Å². The van der Waals surface area contributed by atoms with Gasteiger partial charge in [0.05, 0.1) is 16.7 Å². The second kappa shape index (κ2) is 12.8. The molecular formula is C31H22Cl2N4O7. The largest absolute Gasteiger partial charge is 0.459 e. The van der Waals surface area contributed by atoms with E-state index in [-0.39, 0.29) is 45.2 Å². The van der Waals surface area contributed by atoms with Crippen LogP contribution in [0.3, 0.4) is 0 Å². The predicted molar refractivity (Wildman–Crippen MR) is 157 cm³/mol. The maximum atomic E-state index is 13.3. The Hall–Kier alpha value is -4.84. The molecule has 1 saturated heterocycles. The van der Waals surface area contributed by atoms with E-state index in [4.69, 9.17) is 42.1 Å². The van der Waals surface area contributed by atoms with Crippen LogP contribution < -0.4 is 0 Å². The molecule has 11 nitrogen and oxygen atoms in total. The SMILES string of the molecule is O=C(OC[C@H]1OC(c2nc3nc(Cl)nc(Cl)c3[nH]2)[C@H](OC(=O)c2ccccc2)[C@@H]1OC(=O)c1ccccc1)c1ccccc1. The van der Waals surface area contributed by atoms with Crippen LogP contribution in [0.2, 0.25) is 10.4 Å². The number of esters is 3. The zero-order chi connectivity index (χ0) is 30.6. The molecule has 0 aliphatic carbocycles. The summed E-state index contributed by atoms with van der Waals surface area (Å²) in [5, 5.41) is -0.115. The lowest BCUT2D eigenvalue weighted by molar-refractivity contribution is -0.0453. The Balaban J connectivity index is 1.37. The van der Waals surface area contributed by atoms with E-state index in [0.717, 1.165) is 0 Å². The molecule has 2 aromatic heterocycles. The van der Waals surface area contributed by atoms with E-state index >= 15 is 0 Å². The second-order valence-corrected chi connectivity index (χ2v) is 10.3. The zero-order valence-electron chi connectivity index (χ0n) is 22.6. The first-order chi connectivity index (χ1) is 21.4. The molecule has 13 heteroatoms. The van der Waals surface area contributed by atoms with E-state index in [9.17, 15) is 14.4 Å². The summed E-state index contributed by atoms with van der Waals surface area (Å²) in [5.41, 5.74) is 1.22. The molecule has 4 atom stereocenters. The van der Waals surface area contributed by atoms with E-state index < -0.39 is 42.3 Å². The van der Waals surface area contributed by atoms with Crippen molar-refractivity contribution in [1.29, 1.82) is 0 Å². The number of nitrogens with zero attached hydrogens (tertiary/aromatic N) is 3. The summed E-state index contributed by atoms with van der Waals surface area (Å²) in [7, 11) is 0. The van der Waals surface area contributed by atoms with Crippen LogP contribution in [0.25, 0.3) is 11.2 Å². The summed E-state index contributed by atoms with van der Waals surface area (Å²) in [6.07, 6.45) is -4.70. The quantitative estimate of drug-likeness (QED) is 0.102. The highest BCUT2D eigenvalue weighted by Gasteiger charge is 2.52. The molecule has 222 valence electrons. The number of H-pyrrole nitrogens is 1. The fourth-order valence-electron chi connectivity index (χ4n) is 4.69. The third-order valence-corrected chi connectivity index (χ3v) is 7.21. The summed E-state index contributed by atoms with van der Waals surface area (Å²) >= 11 is 12.2. The number of imidazole rings is 1. The van der Waals surface area contributed by atoms with Gasteiger partial charge in [0.2, 0.25) is 5.28 Å². The Labute approximate surface area is 260 Å². The lowest BCUT2D eigenvalue weighted by Crippen LogP contribution is -2.41. The van der Waals surface area contributed by atoms with Crippen LogP contribution in [0, 0.1) is 0 Å². The van der Waals surface area contributed by atoms with Crippen LogP contribution in [0.5, 0.6) is 0 Å². The van der Waals surface area contributed by atoms with Crippen molar-refractivity contribution in [2.24, 2.45) is 0 Å². The lowest BCUT2D eigenvalue weighted by atomic mass is 10.1. The normalized spacial score (nSPS) is 19.4. The monoisotopic (exact) mass is 632 g/mol.